The number of hydrogen-bond acceptors (Lipinski definition) is 4. The van der Waals surface area contributed by atoms with Crippen LogP contribution in [0.1, 0.15) is 15.9 Å². The molecule has 0 unspecified atom stereocenters. The van der Waals surface area contributed by atoms with Crippen molar-refractivity contribution >= 4 is 35.2 Å². The van der Waals surface area contributed by atoms with Crippen LogP contribution >= 0.6 is 11.6 Å². The molecule has 0 radical (unpaired) electrons. The molecule has 0 aliphatic carbocycles. The van der Waals surface area contributed by atoms with E-state index in [4.69, 9.17) is 11.6 Å². The molecule has 8 heteroatoms. The number of nitrogens with one attached hydrogen (secondary N) is 1. The van der Waals surface area contributed by atoms with Crippen LogP contribution in [0.5, 0.6) is 0 Å². The van der Waals surface area contributed by atoms with Crippen LogP contribution in [0.25, 0.3) is 6.08 Å². The number of benzene rings is 2. The van der Waals surface area contributed by atoms with Crippen molar-refractivity contribution in [3.63, 3.8) is 0 Å². The van der Waals surface area contributed by atoms with Gasteiger partial charge >= 0.3 is 5.97 Å². The molecule has 2 N–H and O–H groups in total. The first kappa shape index (κ1) is 17.2. The Balaban J connectivity index is 2.32. The molecular formula is C16H11ClN2O5. The predicted molar refractivity (Wildman–Crippen MR) is 87.6 cm³/mol. The molecule has 7 nitrogen and oxygen atoms in total. The topological polar surface area (TPSA) is 110 Å². The van der Waals surface area contributed by atoms with Gasteiger partial charge in [-0.1, -0.05) is 35.9 Å². The van der Waals surface area contributed by atoms with Crippen molar-refractivity contribution in [2.45, 2.75) is 0 Å². The lowest BCUT2D eigenvalue weighted by molar-refractivity contribution is -0.384. The Labute approximate surface area is 141 Å². The van der Waals surface area contributed by atoms with E-state index in [9.17, 15) is 24.8 Å². The fourth-order valence-electron chi connectivity index (χ4n) is 1.86. The molecule has 2 rings (SSSR count). The first-order chi connectivity index (χ1) is 11.4. The van der Waals surface area contributed by atoms with Gasteiger partial charge in [0.2, 0.25) is 0 Å². The van der Waals surface area contributed by atoms with Gasteiger partial charge < -0.3 is 10.4 Å². The van der Waals surface area contributed by atoms with Crippen LogP contribution in [0.2, 0.25) is 5.02 Å². The second-order valence-electron chi connectivity index (χ2n) is 4.65. The van der Waals surface area contributed by atoms with Crippen molar-refractivity contribution in [2.24, 2.45) is 0 Å². The number of carboxylic acid groups (broad SMARTS) is 1. The summed E-state index contributed by atoms with van der Waals surface area (Å²) in [6.45, 7) is 0. The molecule has 0 saturated carbocycles. The average molecular weight is 347 g/mol. The number of amides is 1. The summed E-state index contributed by atoms with van der Waals surface area (Å²) in [6, 6.07) is 11.9. The highest BCUT2D eigenvalue weighted by Crippen LogP contribution is 2.26. The van der Waals surface area contributed by atoms with E-state index >= 15 is 0 Å². The maximum atomic E-state index is 12.0. The number of carbonyl (C=O) groups excluding carboxylic acids is 1. The van der Waals surface area contributed by atoms with Crippen LogP contribution in [-0.4, -0.2) is 21.9 Å². The SMILES string of the molecule is O=C(O)/C(=C\c1ccc(Cl)c([N+](=O)[O-])c1)NC(=O)c1ccccc1. The first-order valence-electron chi connectivity index (χ1n) is 6.64. The molecule has 122 valence electrons. The summed E-state index contributed by atoms with van der Waals surface area (Å²) in [7, 11) is 0. The zero-order chi connectivity index (χ0) is 17.7. The molecule has 2 aromatic rings. The Bertz CT molecular complexity index is 834. The van der Waals surface area contributed by atoms with Crippen LogP contribution < -0.4 is 5.32 Å². The van der Waals surface area contributed by atoms with Crippen molar-refractivity contribution in [2.75, 3.05) is 0 Å². The third-order valence-corrected chi connectivity index (χ3v) is 3.31. The molecule has 2 aromatic carbocycles. The Morgan fingerprint density at radius 3 is 2.42 bits per heavy atom. The van der Waals surface area contributed by atoms with Gasteiger partial charge in [-0.15, -0.1) is 0 Å². The second kappa shape index (κ2) is 7.38. The number of aliphatic carboxylic acids is 1. The zero-order valence-electron chi connectivity index (χ0n) is 12.1. The highest BCUT2D eigenvalue weighted by Gasteiger charge is 2.16. The van der Waals surface area contributed by atoms with Crippen molar-refractivity contribution in [1.29, 1.82) is 0 Å². The molecule has 0 aliphatic rings. The molecular weight excluding hydrogens is 336 g/mol. The van der Waals surface area contributed by atoms with E-state index in [-0.39, 0.29) is 21.8 Å². The summed E-state index contributed by atoms with van der Waals surface area (Å²) in [5.74, 6) is -1.98. The van der Waals surface area contributed by atoms with Crippen LogP contribution in [0.3, 0.4) is 0 Å². The summed E-state index contributed by atoms with van der Waals surface area (Å²) < 4.78 is 0. The largest absolute Gasteiger partial charge is 0.477 e. The molecule has 0 heterocycles. The molecule has 0 fully saturated rings. The number of halogens is 1. The van der Waals surface area contributed by atoms with Gasteiger partial charge in [0, 0.05) is 11.6 Å². The van der Waals surface area contributed by atoms with Gasteiger partial charge in [-0.25, -0.2) is 4.79 Å². The molecule has 0 aromatic heterocycles. The normalized spacial score (nSPS) is 11.0. The van der Waals surface area contributed by atoms with Crippen molar-refractivity contribution in [1.82, 2.24) is 5.32 Å². The fraction of sp³-hybridized carbons (Fsp3) is 0. The number of hydrogen-bond donors (Lipinski definition) is 2. The third-order valence-electron chi connectivity index (χ3n) is 2.99. The van der Waals surface area contributed by atoms with Gasteiger partial charge in [-0.05, 0) is 29.8 Å². The molecule has 1 amide bonds. The number of nitro groups is 1. The summed E-state index contributed by atoms with van der Waals surface area (Å²) in [6.07, 6.45) is 1.12. The number of nitrogens with zero attached hydrogens (tertiary/aromatic N) is 1. The summed E-state index contributed by atoms with van der Waals surface area (Å²) in [5, 5.41) is 22.3. The molecule has 0 atom stereocenters. The highest BCUT2D eigenvalue weighted by atomic mass is 35.5. The van der Waals surface area contributed by atoms with Gasteiger partial charge in [0.15, 0.2) is 0 Å². The lowest BCUT2D eigenvalue weighted by Crippen LogP contribution is -2.27. The Kier molecular flexibility index (Phi) is 5.28. The Hall–Kier alpha value is -3.19. The molecule has 24 heavy (non-hydrogen) atoms. The van der Waals surface area contributed by atoms with Gasteiger partial charge in [-0.2, -0.15) is 0 Å². The second-order valence-corrected chi connectivity index (χ2v) is 5.06. The minimum Gasteiger partial charge on any atom is -0.477 e. The van der Waals surface area contributed by atoms with Crippen LogP contribution in [0, 0.1) is 10.1 Å². The first-order valence-corrected chi connectivity index (χ1v) is 7.01. The van der Waals surface area contributed by atoms with Gasteiger partial charge in [0.05, 0.1) is 4.92 Å². The van der Waals surface area contributed by atoms with Crippen LogP contribution in [-0.2, 0) is 4.79 Å². The van der Waals surface area contributed by atoms with Crippen LogP contribution in [0.15, 0.2) is 54.2 Å². The lowest BCUT2D eigenvalue weighted by atomic mass is 10.1. The number of nitro benzene ring substituents is 1. The summed E-state index contributed by atoms with van der Waals surface area (Å²) in [5.41, 5.74) is -0.270. The fourth-order valence-corrected chi connectivity index (χ4v) is 2.05. The Morgan fingerprint density at radius 2 is 1.83 bits per heavy atom. The maximum Gasteiger partial charge on any atom is 0.352 e. The van der Waals surface area contributed by atoms with E-state index in [0.29, 0.717) is 0 Å². The van der Waals surface area contributed by atoms with Gasteiger partial charge in [-0.3, -0.25) is 14.9 Å². The van der Waals surface area contributed by atoms with Crippen molar-refractivity contribution in [3.8, 4) is 0 Å². The highest BCUT2D eigenvalue weighted by molar-refractivity contribution is 6.32. The molecule has 0 spiro atoms. The van der Waals surface area contributed by atoms with E-state index in [1.54, 1.807) is 18.2 Å². The smallest absolute Gasteiger partial charge is 0.352 e. The minimum atomic E-state index is -1.38. The van der Waals surface area contributed by atoms with Crippen molar-refractivity contribution in [3.05, 3.63) is 80.5 Å². The van der Waals surface area contributed by atoms with Gasteiger partial charge in [0.1, 0.15) is 10.7 Å². The predicted octanol–water partition coefficient (Wildman–Crippen LogP) is 3.10. The standard InChI is InChI=1S/C16H11ClN2O5/c17-12-7-6-10(9-14(12)19(23)24)8-13(16(21)22)18-15(20)11-4-2-1-3-5-11/h1-9H,(H,18,20)(H,21,22)/b13-8+. The molecule has 0 bridgehead atoms. The molecule has 0 saturated heterocycles. The Morgan fingerprint density at radius 1 is 1.17 bits per heavy atom. The number of carbonyl (C=O) groups is 2. The third kappa shape index (κ3) is 4.17. The lowest BCUT2D eigenvalue weighted by Gasteiger charge is -2.06. The van der Waals surface area contributed by atoms with E-state index in [2.05, 4.69) is 5.32 Å². The van der Waals surface area contributed by atoms with Crippen molar-refractivity contribution < 1.29 is 19.6 Å². The average Bonchev–Trinajstić information content (AvgIpc) is 2.56. The van der Waals surface area contributed by atoms with E-state index < -0.39 is 22.5 Å². The molecule has 0 aliphatic heterocycles. The van der Waals surface area contributed by atoms with E-state index in [0.717, 1.165) is 12.1 Å². The minimum absolute atomic E-state index is 0.0673. The van der Waals surface area contributed by atoms with Gasteiger partial charge in [0.25, 0.3) is 11.6 Å². The maximum absolute atomic E-state index is 12.0. The zero-order valence-corrected chi connectivity index (χ0v) is 12.9. The van der Waals surface area contributed by atoms with E-state index in [1.165, 1.54) is 24.3 Å². The quantitative estimate of drug-likeness (QED) is 0.491. The summed E-state index contributed by atoms with van der Waals surface area (Å²) in [4.78, 5) is 33.5. The number of rotatable bonds is 5. The monoisotopic (exact) mass is 346 g/mol. The number of carboxylic acids is 1. The van der Waals surface area contributed by atoms with E-state index in [1.807, 2.05) is 0 Å². The summed E-state index contributed by atoms with van der Waals surface area (Å²) >= 11 is 5.71. The van der Waals surface area contributed by atoms with Crippen LogP contribution in [0.4, 0.5) is 5.69 Å².